The van der Waals surface area contributed by atoms with E-state index in [4.69, 9.17) is 9.39 Å². The van der Waals surface area contributed by atoms with Gasteiger partial charge in [-0.3, -0.25) is 8.98 Å². The lowest BCUT2D eigenvalue weighted by Crippen LogP contribution is -2.38. The second-order valence-electron chi connectivity index (χ2n) is 7.34. The van der Waals surface area contributed by atoms with Gasteiger partial charge in [0.05, 0.1) is 24.0 Å². The topological polar surface area (TPSA) is 93.0 Å². The highest BCUT2D eigenvalue weighted by atomic mass is 32.2. The molecule has 1 N–H and O–H groups in total. The summed E-state index contributed by atoms with van der Waals surface area (Å²) in [5, 5.41) is 11.6. The Balaban J connectivity index is 1.96. The van der Waals surface area contributed by atoms with Gasteiger partial charge in [-0.2, -0.15) is 8.42 Å². The van der Waals surface area contributed by atoms with Crippen molar-refractivity contribution >= 4 is 22.1 Å². The summed E-state index contributed by atoms with van der Waals surface area (Å²) in [5.74, 6) is -0.463. The number of carbonyl (C=O) groups excluding carboxylic acids is 1. The van der Waals surface area contributed by atoms with E-state index in [2.05, 4.69) is 11.7 Å². The summed E-state index contributed by atoms with van der Waals surface area (Å²) in [4.78, 5) is 12.0. The van der Waals surface area contributed by atoms with Crippen LogP contribution in [-0.2, 0) is 19.1 Å². The molecule has 25 heavy (non-hydrogen) atoms. The van der Waals surface area contributed by atoms with Crippen LogP contribution >= 0.6 is 0 Å². The molecule has 4 unspecified atom stereocenters. The highest BCUT2D eigenvalue weighted by Crippen LogP contribution is 2.42. The van der Waals surface area contributed by atoms with Crippen LogP contribution in [0.4, 0.5) is 0 Å². The lowest BCUT2D eigenvalue weighted by atomic mass is 9.69. The van der Waals surface area contributed by atoms with Crippen molar-refractivity contribution in [2.45, 2.75) is 64.4 Å². The Morgan fingerprint density at radius 2 is 1.96 bits per heavy atom. The van der Waals surface area contributed by atoms with Crippen LogP contribution in [0.25, 0.3) is 0 Å². The molecule has 2 aliphatic rings. The van der Waals surface area contributed by atoms with Crippen molar-refractivity contribution in [3.05, 3.63) is 12.2 Å². The van der Waals surface area contributed by atoms with Crippen LogP contribution in [0.2, 0.25) is 0 Å². The van der Waals surface area contributed by atoms with E-state index >= 15 is 0 Å². The fourth-order valence-corrected chi connectivity index (χ4v) is 5.43. The Kier molecular flexibility index (Phi) is 7.19. The summed E-state index contributed by atoms with van der Waals surface area (Å²) in [6.07, 6.45) is 8.41. The minimum absolute atomic E-state index is 0.0267. The average Bonchev–Trinajstić information content (AvgIpc) is 2.58. The number of allylic oxidation sites excluding steroid dienone is 1. The average molecular weight is 371 g/mol. The van der Waals surface area contributed by atoms with E-state index in [9.17, 15) is 13.2 Å². The first kappa shape index (κ1) is 20.1. The summed E-state index contributed by atoms with van der Waals surface area (Å²) in [6.45, 7) is 5.12. The number of nitrogens with zero attached hydrogens (tertiary/aromatic N) is 1. The molecule has 0 aromatic carbocycles. The number of hydrogen-bond acceptors (Lipinski definition) is 6. The van der Waals surface area contributed by atoms with Crippen LogP contribution in [0.3, 0.4) is 0 Å². The molecule has 0 spiro atoms. The van der Waals surface area contributed by atoms with Crippen molar-refractivity contribution < 1.29 is 22.6 Å². The van der Waals surface area contributed by atoms with E-state index in [0.717, 1.165) is 31.9 Å². The van der Waals surface area contributed by atoms with Gasteiger partial charge in [0.2, 0.25) is 0 Å². The molecule has 4 atom stereocenters. The maximum Gasteiger partial charge on any atom is 0.267 e. The van der Waals surface area contributed by atoms with E-state index in [0.29, 0.717) is 17.4 Å². The third-order valence-corrected chi connectivity index (χ3v) is 6.74. The number of fused-ring (bicyclic) bond motifs is 1. The summed E-state index contributed by atoms with van der Waals surface area (Å²) < 4.78 is 30.4. The Morgan fingerprint density at radius 1 is 1.28 bits per heavy atom. The number of carbonyl (C=O) groups is 1. The molecular formula is C18H29NO5S. The number of rotatable bonds is 8. The van der Waals surface area contributed by atoms with Crippen molar-refractivity contribution in [3.63, 3.8) is 0 Å². The van der Waals surface area contributed by atoms with Crippen LogP contribution < -0.4 is 0 Å². The van der Waals surface area contributed by atoms with Crippen LogP contribution in [0.1, 0.15) is 58.3 Å². The first-order chi connectivity index (χ1) is 11.8. The number of hydrogen-bond donors (Lipinski definition) is 1. The minimum Gasteiger partial charge on any atom is -0.411 e. The van der Waals surface area contributed by atoms with Gasteiger partial charge in [-0.15, -0.1) is 5.16 Å². The van der Waals surface area contributed by atoms with E-state index in [1.807, 2.05) is 0 Å². The zero-order valence-corrected chi connectivity index (χ0v) is 15.7. The smallest absolute Gasteiger partial charge is 0.267 e. The molecular weight excluding hydrogens is 342 g/mol. The standard InChI is InChI=1S/C18H29NO5S/c1-13(2)18(20)15(12-19-21)10-11-25(22,23)24-17-9-5-7-14-6-3-4-8-16(14)17/h12,14-17,21H,1,3-11H2,2H3. The summed E-state index contributed by atoms with van der Waals surface area (Å²) in [7, 11) is -3.73. The minimum atomic E-state index is -3.73. The van der Waals surface area contributed by atoms with Gasteiger partial charge in [0.25, 0.3) is 10.1 Å². The summed E-state index contributed by atoms with van der Waals surface area (Å²) in [5.41, 5.74) is 0.306. The molecule has 7 heteroatoms. The molecule has 0 aromatic heterocycles. The van der Waals surface area contributed by atoms with Gasteiger partial charge < -0.3 is 5.21 Å². The van der Waals surface area contributed by atoms with Gasteiger partial charge in [-0.1, -0.05) is 32.3 Å². The van der Waals surface area contributed by atoms with Gasteiger partial charge >= 0.3 is 0 Å². The van der Waals surface area contributed by atoms with Crippen molar-refractivity contribution in [1.82, 2.24) is 0 Å². The highest BCUT2D eigenvalue weighted by Gasteiger charge is 2.38. The summed E-state index contributed by atoms with van der Waals surface area (Å²) >= 11 is 0. The largest absolute Gasteiger partial charge is 0.411 e. The molecule has 2 aliphatic carbocycles. The molecule has 0 saturated heterocycles. The van der Waals surface area contributed by atoms with Gasteiger partial charge in [0, 0.05) is 0 Å². The van der Waals surface area contributed by atoms with Gasteiger partial charge in [-0.05, 0) is 50.0 Å². The third-order valence-electron chi connectivity index (χ3n) is 5.46. The van der Waals surface area contributed by atoms with Crippen LogP contribution in [-0.4, -0.2) is 37.5 Å². The Hall–Kier alpha value is -1.21. The predicted molar refractivity (Wildman–Crippen MR) is 96.2 cm³/mol. The monoisotopic (exact) mass is 371 g/mol. The third kappa shape index (κ3) is 5.64. The fourth-order valence-electron chi connectivity index (χ4n) is 4.18. The van der Waals surface area contributed by atoms with Crippen LogP contribution in [0, 0.1) is 17.8 Å². The molecule has 0 heterocycles. The molecule has 2 fully saturated rings. The van der Waals surface area contributed by atoms with E-state index in [-0.39, 0.29) is 24.1 Å². The fraction of sp³-hybridized carbons (Fsp3) is 0.778. The number of ketones is 1. The maximum absolute atomic E-state index is 12.4. The lowest BCUT2D eigenvalue weighted by molar-refractivity contribution is -0.117. The molecule has 0 amide bonds. The SMILES string of the molecule is C=C(C)C(=O)C(C=NO)CCS(=O)(=O)OC1CCCC2CCCCC21. The Bertz CT molecular complexity index is 611. The molecule has 2 rings (SSSR count). The van der Waals surface area contributed by atoms with Crippen molar-refractivity contribution in [2.75, 3.05) is 5.75 Å². The second-order valence-corrected chi connectivity index (χ2v) is 9.06. The quantitative estimate of drug-likeness (QED) is 0.232. The number of oxime groups is 1. The molecule has 6 nitrogen and oxygen atoms in total. The number of Topliss-reactive ketones (excluding diaryl/α,β-unsaturated/α-hetero) is 1. The zero-order chi connectivity index (χ0) is 18.4. The zero-order valence-electron chi connectivity index (χ0n) is 14.9. The first-order valence-electron chi connectivity index (χ1n) is 9.12. The molecule has 0 radical (unpaired) electrons. The molecule has 0 aromatic rings. The van der Waals surface area contributed by atoms with Crippen molar-refractivity contribution in [1.29, 1.82) is 0 Å². The second kappa shape index (κ2) is 8.94. The van der Waals surface area contributed by atoms with E-state index in [1.54, 1.807) is 6.92 Å². The molecule has 0 bridgehead atoms. The predicted octanol–water partition coefficient (Wildman–Crippen LogP) is 3.30. The van der Waals surface area contributed by atoms with Gasteiger partial charge in [0.15, 0.2) is 5.78 Å². The van der Waals surface area contributed by atoms with E-state index in [1.165, 1.54) is 19.3 Å². The van der Waals surface area contributed by atoms with Crippen LogP contribution in [0.15, 0.2) is 17.3 Å². The Labute approximate surface area is 150 Å². The highest BCUT2D eigenvalue weighted by molar-refractivity contribution is 7.86. The maximum atomic E-state index is 12.4. The normalized spacial score (nSPS) is 28.4. The van der Waals surface area contributed by atoms with Crippen molar-refractivity contribution in [2.24, 2.45) is 22.9 Å². The Morgan fingerprint density at radius 3 is 2.64 bits per heavy atom. The van der Waals surface area contributed by atoms with E-state index < -0.39 is 16.0 Å². The van der Waals surface area contributed by atoms with Gasteiger partial charge in [0.1, 0.15) is 0 Å². The van der Waals surface area contributed by atoms with Gasteiger partial charge in [-0.25, -0.2) is 0 Å². The first-order valence-corrected chi connectivity index (χ1v) is 10.7. The van der Waals surface area contributed by atoms with Crippen molar-refractivity contribution in [3.8, 4) is 0 Å². The molecule has 142 valence electrons. The molecule has 2 saturated carbocycles. The molecule has 0 aliphatic heterocycles. The lowest BCUT2D eigenvalue weighted by Gasteiger charge is -2.40. The summed E-state index contributed by atoms with van der Waals surface area (Å²) in [6, 6.07) is 0. The van der Waals surface area contributed by atoms with Crippen LogP contribution in [0.5, 0.6) is 0 Å².